The van der Waals surface area contributed by atoms with Gasteiger partial charge in [-0.1, -0.05) is 31.0 Å². The lowest BCUT2D eigenvalue weighted by atomic mass is 9.60. The van der Waals surface area contributed by atoms with Gasteiger partial charge in [-0.3, -0.25) is 9.59 Å². The Morgan fingerprint density at radius 2 is 1.81 bits per heavy atom. The Kier molecular flexibility index (Phi) is 3.98. The van der Waals surface area contributed by atoms with Gasteiger partial charge in [-0.25, -0.2) is 0 Å². The van der Waals surface area contributed by atoms with Gasteiger partial charge < -0.3 is 10.1 Å². The van der Waals surface area contributed by atoms with Crippen LogP contribution in [0.4, 0.5) is 0 Å². The molecule has 1 saturated heterocycles. The summed E-state index contributed by atoms with van der Waals surface area (Å²) in [5.41, 5.74) is 2.76. The van der Waals surface area contributed by atoms with E-state index in [4.69, 9.17) is 4.74 Å². The fourth-order valence-electron chi connectivity index (χ4n) is 6.57. The van der Waals surface area contributed by atoms with E-state index in [2.05, 4.69) is 23.5 Å². The van der Waals surface area contributed by atoms with Gasteiger partial charge in [0.25, 0.3) is 0 Å². The Bertz CT molecular complexity index is 787. The Morgan fingerprint density at radius 1 is 1.07 bits per heavy atom. The van der Waals surface area contributed by atoms with Crippen molar-refractivity contribution in [1.82, 2.24) is 5.32 Å². The van der Waals surface area contributed by atoms with E-state index < -0.39 is 5.54 Å². The average Bonchev–Trinajstić information content (AvgIpc) is 3.36. The van der Waals surface area contributed by atoms with Gasteiger partial charge >= 0.3 is 0 Å². The minimum absolute atomic E-state index is 0.0303. The fraction of sp³-hybridized carbons (Fsp3) is 0.652. The van der Waals surface area contributed by atoms with Crippen molar-refractivity contribution in [3.63, 3.8) is 0 Å². The summed E-state index contributed by atoms with van der Waals surface area (Å²) in [4.78, 5) is 25.7. The topological polar surface area (TPSA) is 55.4 Å². The van der Waals surface area contributed by atoms with Crippen LogP contribution in [0.5, 0.6) is 0 Å². The van der Waals surface area contributed by atoms with Crippen molar-refractivity contribution in [2.24, 2.45) is 5.41 Å². The summed E-state index contributed by atoms with van der Waals surface area (Å²) in [5, 5.41) is 3.22. The number of methoxy groups -OCH3 is 1. The van der Waals surface area contributed by atoms with Gasteiger partial charge in [0.15, 0.2) is 5.78 Å². The number of carbonyl (C=O) groups excluding carboxylic acids is 2. The summed E-state index contributed by atoms with van der Waals surface area (Å²) in [6, 6.07) is 6.81. The number of carbonyl (C=O) groups is 2. The molecule has 3 fully saturated rings. The van der Waals surface area contributed by atoms with Crippen molar-refractivity contribution in [1.29, 1.82) is 0 Å². The number of ether oxygens (including phenoxy) is 1. The van der Waals surface area contributed by atoms with Crippen LogP contribution in [0.25, 0.3) is 0 Å². The summed E-state index contributed by atoms with van der Waals surface area (Å²) < 4.78 is 5.58. The molecule has 2 saturated carbocycles. The summed E-state index contributed by atoms with van der Waals surface area (Å²) >= 11 is 0. The largest absolute Gasteiger partial charge is 0.381 e. The van der Waals surface area contributed by atoms with Crippen molar-refractivity contribution in [2.45, 2.75) is 81.8 Å². The first kappa shape index (κ1) is 17.4. The predicted molar refractivity (Wildman–Crippen MR) is 102 cm³/mol. The molecule has 4 heteroatoms. The van der Waals surface area contributed by atoms with Crippen molar-refractivity contribution in [2.75, 3.05) is 7.11 Å². The second-order valence-electron chi connectivity index (χ2n) is 9.19. The van der Waals surface area contributed by atoms with E-state index in [9.17, 15) is 9.59 Å². The summed E-state index contributed by atoms with van der Waals surface area (Å²) in [6.07, 6.45) is 10.1. The maximum Gasteiger partial charge on any atom is 0.228 e. The minimum Gasteiger partial charge on any atom is -0.381 e. The smallest absolute Gasteiger partial charge is 0.228 e. The molecule has 144 valence electrons. The third-order valence-corrected chi connectivity index (χ3v) is 7.98. The molecule has 1 aliphatic heterocycles. The van der Waals surface area contributed by atoms with E-state index in [1.54, 1.807) is 7.11 Å². The Balaban J connectivity index is 1.60. The van der Waals surface area contributed by atoms with Gasteiger partial charge in [-0.15, -0.1) is 0 Å². The summed E-state index contributed by atoms with van der Waals surface area (Å²) in [5.74, 6) is 0.596. The number of rotatable bonds is 2. The SMILES string of the molecule is COC1CCC2(CC1)Cc1ccc(C3CCCC3)cc1C21NC(=O)CC1=O. The molecule has 0 radical (unpaired) electrons. The molecule has 27 heavy (non-hydrogen) atoms. The van der Waals surface area contributed by atoms with Crippen LogP contribution in [0.2, 0.25) is 0 Å². The van der Waals surface area contributed by atoms with Gasteiger partial charge in [0.05, 0.1) is 12.5 Å². The first-order valence-corrected chi connectivity index (χ1v) is 10.6. The molecule has 1 heterocycles. The van der Waals surface area contributed by atoms with E-state index in [-0.39, 0.29) is 29.6 Å². The number of hydrogen-bond acceptors (Lipinski definition) is 3. The first-order chi connectivity index (χ1) is 13.1. The Hall–Kier alpha value is -1.68. The van der Waals surface area contributed by atoms with Crippen LogP contribution in [0.15, 0.2) is 18.2 Å². The third-order valence-electron chi connectivity index (χ3n) is 7.98. The lowest BCUT2D eigenvalue weighted by Crippen LogP contribution is -2.56. The molecule has 3 aliphatic carbocycles. The molecule has 1 unspecified atom stereocenters. The van der Waals surface area contributed by atoms with E-state index >= 15 is 0 Å². The normalized spacial score (nSPS) is 36.0. The molecule has 0 aromatic heterocycles. The van der Waals surface area contributed by atoms with E-state index in [1.165, 1.54) is 36.8 Å². The second kappa shape index (κ2) is 6.16. The average molecular weight is 367 g/mol. The number of nitrogens with one attached hydrogen (secondary N) is 1. The lowest BCUT2D eigenvalue weighted by Gasteiger charge is -2.47. The highest BCUT2D eigenvalue weighted by molar-refractivity contribution is 6.11. The predicted octanol–water partition coefficient (Wildman–Crippen LogP) is 3.76. The van der Waals surface area contributed by atoms with Crippen molar-refractivity contribution in [3.8, 4) is 0 Å². The fourth-order valence-corrected chi connectivity index (χ4v) is 6.57. The lowest BCUT2D eigenvalue weighted by molar-refractivity contribution is -0.129. The molecule has 4 nitrogen and oxygen atoms in total. The zero-order valence-corrected chi connectivity index (χ0v) is 16.2. The van der Waals surface area contributed by atoms with E-state index in [0.29, 0.717) is 5.92 Å². The zero-order valence-electron chi connectivity index (χ0n) is 16.2. The number of benzene rings is 1. The van der Waals surface area contributed by atoms with E-state index in [1.807, 2.05) is 0 Å². The molecular formula is C23H29NO3. The van der Waals surface area contributed by atoms with Crippen molar-refractivity contribution < 1.29 is 14.3 Å². The minimum atomic E-state index is -0.799. The van der Waals surface area contributed by atoms with Gasteiger partial charge in [0, 0.05) is 12.5 Å². The molecular weight excluding hydrogens is 338 g/mol. The molecule has 2 spiro atoms. The number of ketones is 1. The molecule has 0 bridgehead atoms. The van der Waals surface area contributed by atoms with Gasteiger partial charge in [-0.2, -0.15) is 0 Å². The highest BCUT2D eigenvalue weighted by atomic mass is 16.5. The number of amides is 1. The quantitative estimate of drug-likeness (QED) is 0.810. The van der Waals surface area contributed by atoms with Crippen LogP contribution >= 0.6 is 0 Å². The van der Waals surface area contributed by atoms with Crippen LogP contribution in [0.1, 0.15) is 80.4 Å². The molecule has 5 rings (SSSR count). The summed E-state index contributed by atoms with van der Waals surface area (Å²) in [6.45, 7) is 0. The number of hydrogen-bond donors (Lipinski definition) is 1. The van der Waals surface area contributed by atoms with Crippen LogP contribution in [-0.2, 0) is 26.3 Å². The molecule has 1 atom stereocenters. The van der Waals surface area contributed by atoms with Crippen molar-refractivity contribution in [3.05, 3.63) is 34.9 Å². The standard InChI is InChI=1S/C23H29NO3/c1-27-18-8-10-22(11-9-18)14-17-7-6-16(15-4-2-3-5-15)12-19(17)23(22)20(25)13-21(26)24-23/h6-7,12,15,18H,2-5,8-11,13-14H2,1H3,(H,24,26). The number of fused-ring (bicyclic) bond motifs is 3. The molecule has 1 amide bonds. The number of Topliss-reactive ketones (excluding diaryl/α,β-unsaturated/α-hetero) is 1. The van der Waals surface area contributed by atoms with Crippen LogP contribution in [0, 0.1) is 5.41 Å². The third kappa shape index (κ3) is 2.38. The monoisotopic (exact) mass is 367 g/mol. The summed E-state index contributed by atoms with van der Waals surface area (Å²) in [7, 11) is 1.78. The highest BCUT2D eigenvalue weighted by Crippen LogP contribution is 2.60. The Morgan fingerprint density at radius 3 is 2.44 bits per heavy atom. The van der Waals surface area contributed by atoms with Gasteiger partial charge in [0.2, 0.25) is 5.91 Å². The second-order valence-corrected chi connectivity index (χ2v) is 9.19. The molecule has 1 aromatic rings. The van der Waals surface area contributed by atoms with Gasteiger partial charge in [0.1, 0.15) is 5.54 Å². The molecule has 1 aromatic carbocycles. The molecule has 1 N–H and O–H groups in total. The highest BCUT2D eigenvalue weighted by Gasteiger charge is 2.65. The van der Waals surface area contributed by atoms with Crippen LogP contribution < -0.4 is 5.32 Å². The first-order valence-electron chi connectivity index (χ1n) is 10.6. The Labute approximate surface area is 161 Å². The van der Waals surface area contributed by atoms with E-state index in [0.717, 1.165) is 37.7 Å². The molecule has 4 aliphatic rings. The maximum atomic E-state index is 13.3. The van der Waals surface area contributed by atoms with Crippen LogP contribution in [0.3, 0.4) is 0 Å². The van der Waals surface area contributed by atoms with Crippen molar-refractivity contribution >= 4 is 11.7 Å². The van der Waals surface area contributed by atoms with Crippen LogP contribution in [-0.4, -0.2) is 24.9 Å². The zero-order chi connectivity index (χ0) is 18.6. The van der Waals surface area contributed by atoms with Gasteiger partial charge in [-0.05, 0) is 67.6 Å². The maximum absolute atomic E-state index is 13.3.